The molecule has 2 aromatic heterocycles. The molecule has 0 aliphatic rings. The topological polar surface area (TPSA) is 85.4 Å². The van der Waals surface area contributed by atoms with Crippen molar-refractivity contribution in [2.24, 2.45) is 0 Å². The SMILES string of the molecule is CCc1sc(NS(=O)(=O)c2sc(Cl)cc2Br)nc1OC(C)=O. The number of thiazole rings is 1. The molecule has 0 saturated heterocycles. The third-order valence-corrected chi connectivity index (χ3v) is 7.83. The smallest absolute Gasteiger partial charge is 0.309 e. The summed E-state index contributed by atoms with van der Waals surface area (Å²) < 4.78 is 32.8. The number of aryl methyl sites for hydroxylation is 1. The summed E-state index contributed by atoms with van der Waals surface area (Å²) in [5.74, 6) is -0.386. The summed E-state index contributed by atoms with van der Waals surface area (Å²) in [5, 5.41) is 0.129. The van der Waals surface area contributed by atoms with Gasteiger partial charge in [-0.15, -0.1) is 11.3 Å². The number of rotatable bonds is 5. The van der Waals surface area contributed by atoms with E-state index in [0.717, 1.165) is 22.7 Å². The van der Waals surface area contributed by atoms with Gasteiger partial charge < -0.3 is 4.74 Å². The number of hydrogen-bond donors (Lipinski definition) is 1. The lowest BCUT2D eigenvalue weighted by molar-refractivity contribution is -0.132. The Morgan fingerprint density at radius 1 is 1.50 bits per heavy atom. The predicted octanol–water partition coefficient (Wildman–Crippen LogP) is 3.91. The molecule has 0 unspecified atom stereocenters. The number of nitrogens with one attached hydrogen (secondary N) is 1. The first-order valence-corrected chi connectivity index (χ1v) is 10.2. The number of nitrogens with zero attached hydrogens (tertiary/aromatic N) is 1. The lowest BCUT2D eigenvalue weighted by atomic mass is 10.4. The maximum absolute atomic E-state index is 12.3. The van der Waals surface area contributed by atoms with Gasteiger partial charge in [0.15, 0.2) is 4.21 Å². The third kappa shape index (κ3) is 3.99. The molecular formula is C11H10BrClN2O4S3. The number of carbonyl (C=O) groups excluding carboxylic acids is 1. The van der Waals surface area contributed by atoms with Gasteiger partial charge in [-0.25, -0.2) is 8.42 Å². The molecule has 0 amide bonds. The summed E-state index contributed by atoms with van der Waals surface area (Å²) in [5.41, 5.74) is 0. The van der Waals surface area contributed by atoms with E-state index in [1.165, 1.54) is 13.0 Å². The molecule has 120 valence electrons. The fraction of sp³-hybridized carbons (Fsp3) is 0.273. The van der Waals surface area contributed by atoms with Crippen LogP contribution in [-0.4, -0.2) is 19.4 Å². The van der Waals surface area contributed by atoms with E-state index in [4.69, 9.17) is 16.3 Å². The zero-order valence-electron chi connectivity index (χ0n) is 11.3. The Hall–Kier alpha value is -0.680. The second kappa shape index (κ2) is 6.83. The van der Waals surface area contributed by atoms with Gasteiger partial charge in [0.2, 0.25) is 11.0 Å². The maximum Gasteiger partial charge on any atom is 0.309 e. The van der Waals surface area contributed by atoms with Crippen LogP contribution in [0.2, 0.25) is 4.34 Å². The monoisotopic (exact) mass is 444 g/mol. The quantitative estimate of drug-likeness (QED) is 0.705. The number of esters is 1. The Kier molecular flexibility index (Phi) is 5.49. The fourth-order valence-electron chi connectivity index (χ4n) is 1.49. The Balaban J connectivity index is 2.32. The van der Waals surface area contributed by atoms with Gasteiger partial charge in [-0.05, 0) is 28.4 Å². The Morgan fingerprint density at radius 3 is 2.68 bits per heavy atom. The molecule has 0 spiro atoms. The molecule has 1 N–H and O–H groups in total. The molecule has 0 aliphatic carbocycles. The van der Waals surface area contributed by atoms with E-state index in [2.05, 4.69) is 25.6 Å². The van der Waals surface area contributed by atoms with E-state index in [1.54, 1.807) is 0 Å². The Labute approximate surface area is 148 Å². The van der Waals surface area contributed by atoms with Gasteiger partial charge in [-0.3, -0.25) is 9.52 Å². The third-order valence-electron chi connectivity index (χ3n) is 2.31. The van der Waals surface area contributed by atoms with Crippen LogP contribution in [0.4, 0.5) is 5.13 Å². The summed E-state index contributed by atoms with van der Waals surface area (Å²) in [4.78, 5) is 15.7. The van der Waals surface area contributed by atoms with Gasteiger partial charge in [-0.2, -0.15) is 4.98 Å². The van der Waals surface area contributed by atoms with Crippen molar-refractivity contribution < 1.29 is 17.9 Å². The van der Waals surface area contributed by atoms with Crippen molar-refractivity contribution >= 4 is 71.3 Å². The minimum Gasteiger partial charge on any atom is -0.406 e. The first kappa shape index (κ1) is 17.7. The van der Waals surface area contributed by atoms with E-state index >= 15 is 0 Å². The van der Waals surface area contributed by atoms with Gasteiger partial charge in [-0.1, -0.05) is 29.9 Å². The first-order chi connectivity index (χ1) is 10.2. The molecule has 0 aromatic carbocycles. The average molecular weight is 446 g/mol. The second-order valence-electron chi connectivity index (χ2n) is 3.99. The van der Waals surface area contributed by atoms with Crippen LogP contribution >= 0.6 is 50.2 Å². The Bertz CT molecular complexity index is 815. The number of sulfonamides is 1. The highest BCUT2D eigenvalue weighted by atomic mass is 79.9. The number of ether oxygens (including phenoxy) is 1. The molecule has 0 atom stereocenters. The molecule has 11 heteroatoms. The highest BCUT2D eigenvalue weighted by Gasteiger charge is 2.24. The largest absolute Gasteiger partial charge is 0.406 e. The standard InChI is InChI=1S/C11H10BrClN2O4S3/c1-3-7-9(19-5(2)16)14-11(20-7)15-22(17,18)10-6(12)4-8(13)21-10/h4H,3H2,1-2H3,(H,14,15). The van der Waals surface area contributed by atoms with Crippen LogP contribution < -0.4 is 9.46 Å². The van der Waals surface area contributed by atoms with Crippen molar-refractivity contribution in [3.8, 4) is 5.88 Å². The van der Waals surface area contributed by atoms with E-state index in [9.17, 15) is 13.2 Å². The number of aromatic nitrogens is 1. The summed E-state index contributed by atoms with van der Waals surface area (Å²) in [6, 6.07) is 1.50. The van der Waals surface area contributed by atoms with Crippen molar-refractivity contribution in [2.45, 2.75) is 24.5 Å². The van der Waals surface area contributed by atoms with Gasteiger partial charge >= 0.3 is 5.97 Å². The summed E-state index contributed by atoms with van der Waals surface area (Å²) in [7, 11) is -3.82. The first-order valence-electron chi connectivity index (χ1n) is 5.88. The van der Waals surface area contributed by atoms with Gasteiger partial charge in [0, 0.05) is 6.92 Å². The van der Waals surface area contributed by atoms with Crippen molar-refractivity contribution in [1.82, 2.24) is 4.98 Å². The summed E-state index contributed by atoms with van der Waals surface area (Å²) in [6.45, 7) is 3.11. The second-order valence-corrected chi connectivity index (χ2v) is 9.49. The predicted molar refractivity (Wildman–Crippen MR) is 90.6 cm³/mol. The molecule has 2 aromatic rings. The van der Waals surface area contributed by atoms with Crippen molar-refractivity contribution in [1.29, 1.82) is 0 Å². The molecule has 0 fully saturated rings. The molecule has 0 saturated carbocycles. The Morgan fingerprint density at radius 2 is 2.18 bits per heavy atom. The number of thiophene rings is 1. The minimum atomic E-state index is -3.82. The number of carbonyl (C=O) groups is 1. The van der Waals surface area contributed by atoms with Gasteiger partial charge in [0.05, 0.1) is 13.7 Å². The molecule has 0 bridgehead atoms. The molecule has 22 heavy (non-hydrogen) atoms. The van der Waals surface area contributed by atoms with Crippen LogP contribution in [0.1, 0.15) is 18.7 Å². The van der Waals surface area contributed by atoms with Gasteiger partial charge in [0.1, 0.15) is 0 Å². The van der Waals surface area contributed by atoms with Gasteiger partial charge in [0.25, 0.3) is 10.0 Å². The van der Waals surface area contributed by atoms with Crippen LogP contribution in [0.5, 0.6) is 5.88 Å². The van der Waals surface area contributed by atoms with Crippen molar-refractivity contribution in [3.63, 3.8) is 0 Å². The van der Waals surface area contributed by atoms with E-state index < -0.39 is 16.0 Å². The lowest BCUT2D eigenvalue weighted by Gasteiger charge is -2.02. The van der Waals surface area contributed by atoms with Crippen LogP contribution in [0, 0.1) is 0 Å². The zero-order valence-corrected chi connectivity index (χ0v) is 16.1. The highest BCUT2D eigenvalue weighted by Crippen LogP contribution is 2.37. The maximum atomic E-state index is 12.3. The van der Waals surface area contributed by atoms with Crippen LogP contribution in [0.3, 0.4) is 0 Å². The van der Waals surface area contributed by atoms with E-state index in [0.29, 0.717) is 20.1 Å². The number of anilines is 1. The molecule has 0 radical (unpaired) electrons. The van der Waals surface area contributed by atoms with Crippen LogP contribution in [-0.2, 0) is 21.2 Å². The molecular weight excluding hydrogens is 436 g/mol. The average Bonchev–Trinajstić information content (AvgIpc) is 2.91. The number of hydrogen-bond acceptors (Lipinski definition) is 7. The van der Waals surface area contributed by atoms with E-state index in [-0.39, 0.29) is 15.2 Å². The van der Waals surface area contributed by atoms with Crippen molar-refractivity contribution in [2.75, 3.05) is 4.72 Å². The van der Waals surface area contributed by atoms with Crippen LogP contribution in [0.15, 0.2) is 14.7 Å². The molecule has 6 nitrogen and oxygen atoms in total. The number of halogens is 2. The van der Waals surface area contributed by atoms with E-state index in [1.807, 2.05) is 6.92 Å². The van der Waals surface area contributed by atoms with Crippen molar-refractivity contribution in [3.05, 3.63) is 19.8 Å². The highest BCUT2D eigenvalue weighted by molar-refractivity contribution is 9.10. The normalized spacial score (nSPS) is 11.5. The van der Waals surface area contributed by atoms with Crippen LogP contribution in [0.25, 0.3) is 0 Å². The zero-order chi connectivity index (χ0) is 16.5. The summed E-state index contributed by atoms with van der Waals surface area (Å²) >= 11 is 11.0. The lowest BCUT2D eigenvalue weighted by Crippen LogP contribution is -2.12. The summed E-state index contributed by atoms with van der Waals surface area (Å²) in [6.07, 6.45) is 0.566. The molecule has 2 heterocycles. The molecule has 0 aliphatic heterocycles. The molecule has 2 rings (SSSR count). The minimum absolute atomic E-state index is 0.0554. The fourth-order valence-corrected chi connectivity index (χ4v) is 6.57.